The molecule has 8 nitrogen and oxygen atoms in total. The van der Waals surface area contributed by atoms with Crippen LogP contribution in [0.1, 0.15) is 17.3 Å². The number of hydrogen-bond donors (Lipinski definition) is 4. The summed E-state index contributed by atoms with van der Waals surface area (Å²) in [4.78, 5) is 22.3. The van der Waals surface area contributed by atoms with Crippen LogP contribution in [0, 0.1) is 0 Å². The number of hydrogen-bond acceptors (Lipinski definition) is 5. The van der Waals surface area contributed by atoms with E-state index in [1.54, 1.807) is 0 Å². The van der Waals surface area contributed by atoms with E-state index in [9.17, 15) is 23.1 Å². The Morgan fingerprint density at radius 3 is 2.43 bits per heavy atom. The zero-order chi connectivity index (χ0) is 16.2. The normalized spacial score (nSPS) is 12.5. The van der Waals surface area contributed by atoms with E-state index >= 15 is 0 Å². The maximum Gasteiger partial charge on any atom is 0.335 e. The maximum atomic E-state index is 11.6. The van der Waals surface area contributed by atoms with Crippen molar-refractivity contribution in [2.45, 2.75) is 13.0 Å². The van der Waals surface area contributed by atoms with Gasteiger partial charge in [0.25, 0.3) is 0 Å². The third-order valence-corrected chi connectivity index (χ3v) is 3.53. The highest BCUT2D eigenvalue weighted by molar-refractivity contribution is 7.90. The molecule has 0 bridgehead atoms. The number of phenolic OH excluding ortho intramolecular Hbond substituents is 1. The molecule has 1 atom stereocenters. The van der Waals surface area contributed by atoms with Crippen molar-refractivity contribution in [1.29, 1.82) is 0 Å². The first-order valence-electron chi connectivity index (χ1n) is 5.90. The lowest BCUT2D eigenvalue weighted by Crippen LogP contribution is -2.39. The average molecular weight is 316 g/mol. The van der Waals surface area contributed by atoms with E-state index in [1.165, 1.54) is 19.1 Å². The molecule has 9 heteroatoms. The quantitative estimate of drug-likeness (QED) is 0.589. The van der Waals surface area contributed by atoms with Gasteiger partial charge in [-0.15, -0.1) is 0 Å². The van der Waals surface area contributed by atoms with Crippen molar-refractivity contribution in [2.75, 3.05) is 17.3 Å². The first-order chi connectivity index (χ1) is 9.58. The monoisotopic (exact) mass is 316 g/mol. The molecule has 0 saturated heterocycles. The van der Waals surface area contributed by atoms with Gasteiger partial charge >= 0.3 is 12.0 Å². The van der Waals surface area contributed by atoms with Crippen LogP contribution in [-0.4, -0.2) is 48.7 Å². The van der Waals surface area contributed by atoms with Gasteiger partial charge < -0.3 is 20.8 Å². The van der Waals surface area contributed by atoms with Crippen LogP contribution in [0.3, 0.4) is 0 Å². The van der Waals surface area contributed by atoms with Crippen LogP contribution < -0.4 is 10.6 Å². The number of aromatic hydroxyl groups is 1. The van der Waals surface area contributed by atoms with Gasteiger partial charge in [0, 0.05) is 12.3 Å². The van der Waals surface area contributed by atoms with Gasteiger partial charge in [0.1, 0.15) is 15.6 Å². The fourth-order valence-electron chi connectivity index (χ4n) is 1.65. The molecule has 21 heavy (non-hydrogen) atoms. The molecule has 4 N–H and O–H groups in total. The van der Waals surface area contributed by atoms with Crippen LogP contribution >= 0.6 is 0 Å². The fraction of sp³-hybridized carbons (Fsp3) is 0.333. The molecule has 0 spiro atoms. The van der Waals surface area contributed by atoms with E-state index < -0.39 is 33.6 Å². The van der Waals surface area contributed by atoms with Gasteiger partial charge in [0.05, 0.1) is 17.0 Å². The van der Waals surface area contributed by atoms with Gasteiger partial charge in [0.2, 0.25) is 0 Å². The number of aromatic carboxylic acids is 1. The van der Waals surface area contributed by atoms with Crippen LogP contribution in [0.25, 0.3) is 0 Å². The number of amides is 2. The Bertz CT molecular complexity index is 656. The van der Waals surface area contributed by atoms with Crippen molar-refractivity contribution in [3.63, 3.8) is 0 Å². The molecule has 1 unspecified atom stereocenters. The molecule has 0 aliphatic heterocycles. The van der Waals surface area contributed by atoms with Gasteiger partial charge in [-0.3, -0.25) is 0 Å². The number of sulfone groups is 1. The second kappa shape index (κ2) is 6.44. The third kappa shape index (κ3) is 5.69. The Hall–Kier alpha value is -2.29. The first kappa shape index (κ1) is 16.8. The zero-order valence-corrected chi connectivity index (χ0v) is 12.3. The Kier molecular flexibility index (Phi) is 5.14. The van der Waals surface area contributed by atoms with E-state index in [0.29, 0.717) is 0 Å². The van der Waals surface area contributed by atoms with Crippen molar-refractivity contribution in [3.05, 3.63) is 23.8 Å². The number of carbonyl (C=O) groups excluding carboxylic acids is 1. The van der Waals surface area contributed by atoms with Crippen molar-refractivity contribution in [1.82, 2.24) is 5.32 Å². The lowest BCUT2D eigenvalue weighted by molar-refractivity contribution is 0.0696. The summed E-state index contributed by atoms with van der Waals surface area (Å²) in [5.41, 5.74) is -0.104. The fourth-order valence-corrected chi connectivity index (χ4v) is 2.64. The second-order valence-electron chi connectivity index (χ2n) is 4.63. The van der Waals surface area contributed by atoms with E-state index in [2.05, 4.69) is 10.6 Å². The molecule has 1 rings (SSSR count). The molecule has 1 aromatic carbocycles. The lowest BCUT2D eigenvalue weighted by Gasteiger charge is -2.14. The first-order valence-corrected chi connectivity index (χ1v) is 7.96. The topological polar surface area (TPSA) is 133 Å². The van der Waals surface area contributed by atoms with Gasteiger partial charge in [-0.05, 0) is 25.1 Å². The Morgan fingerprint density at radius 2 is 1.95 bits per heavy atom. The van der Waals surface area contributed by atoms with Crippen molar-refractivity contribution < 1.29 is 28.2 Å². The summed E-state index contributed by atoms with van der Waals surface area (Å²) in [7, 11) is -3.22. The molecular formula is C12H16N2O6S. The molecule has 0 heterocycles. The summed E-state index contributed by atoms with van der Waals surface area (Å²) < 4.78 is 22.1. The van der Waals surface area contributed by atoms with Crippen molar-refractivity contribution in [3.8, 4) is 5.75 Å². The molecule has 0 radical (unpaired) electrons. The van der Waals surface area contributed by atoms with E-state index in [-0.39, 0.29) is 17.0 Å². The number of urea groups is 1. The highest BCUT2D eigenvalue weighted by atomic mass is 32.2. The summed E-state index contributed by atoms with van der Waals surface area (Å²) in [5.74, 6) is -1.83. The van der Waals surface area contributed by atoms with Crippen LogP contribution in [0.2, 0.25) is 0 Å². The summed E-state index contributed by atoms with van der Waals surface area (Å²) >= 11 is 0. The SMILES string of the molecule is CC(CS(C)(=O)=O)NC(=O)Nc1ccc(C(=O)O)cc1O. The molecule has 0 aromatic heterocycles. The third-order valence-electron chi connectivity index (χ3n) is 2.42. The number of carboxylic acid groups (broad SMARTS) is 1. The molecule has 1 aromatic rings. The number of nitrogens with one attached hydrogen (secondary N) is 2. The number of anilines is 1. The number of phenols is 1. The van der Waals surface area contributed by atoms with Gasteiger partial charge in [0.15, 0.2) is 0 Å². The van der Waals surface area contributed by atoms with E-state index in [0.717, 1.165) is 12.3 Å². The summed E-state index contributed by atoms with van der Waals surface area (Å²) in [6, 6.07) is 2.14. The van der Waals surface area contributed by atoms with E-state index in [1.807, 2.05) is 0 Å². The molecule has 2 amide bonds. The van der Waals surface area contributed by atoms with Crippen molar-refractivity contribution >= 4 is 27.5 Å². The largest absolute Gasteiger partial charge is 0.506 e. The van der Waals surface area contributed by atoms with Gasteiger partial charge in [-0.25, -0.2) is 18.0 Å². The predicted molar refractivity (Wildman–Crippen MR) is 76.4 cm³/mol. The summed E-state index contributed by atoms with van der Waals surface area (Å²) in [5, 5.41) is 23.0. The molecule has 0 aliphatic carbocycles. The number of carboxylic acids is 1. The molecule has 116 valence electrons. The smallest absolute Gasteiger partial charge is 0.335 e. The van der Waals surface area contributed by atoms with Gasteiger partial charge in [-0.1, -0.05) is 0 Å². The minimum absolute atomic E-state index is 0.0176. The minimum Gasteiger partial charge on any atom is -0.506 e. The summed E-state index contributed by atoms with van der Waals surface area (Å²) in [6.07, 6.45) is 1.06. The van der Waals surface area contributed by atoms with Crippen LogP contribution in [-0.2, 0) is 9.84 Å². The lowest BCUT2D eigenvalue weighted by atomic mass is 10.2. The Morgan fingerprint density at radius 1 is 1.33 bits per heavy atom. The predicted octanol–water partition coefficient (Wildman–Crippen LogP) is 0.645. The molecule has 0 aliphatic rings. The molecular weight excluding hydrogens is 300 g/mol. The summed E-state index contributed by atoms with van der Waals surface area (Å²) in [6.45, 7) is 1.52. The highest BCUT2D eigenvalue weighted by Gasteiger charge is 2.14. The second-order valence-corrected chi connectivity index (χ2v) is 6.81. The van der Waals surface area contributed by atoms with E-state index in [4.69, 9.17) is 5.11 Å². The standard InChI is InChI=1S/C12H16N2O6S/c1-7(6-21(2,19)20)13-12(18)14-9-4-3-8(11(16)17)5-10(9)15/h3-5,7,15H,6H2,1-2H3,(H,16,17)(H2,13,14,18). The number of rotatable bonds is 5. The number of benzene rings is 1. The molecule has 0 saturated carbocycles. The van der Waals surface area contributed by atoms with Crippen LogP contribution in [0.4, 0.5) is 10.5 Å². The number of carbonyl (C=O) groups is 2. The van der Waals surface area contributed by atoms with Gasteiger partial charge in [-0.2, -0.15) is 0 Å². The zero-order valence-electron chi connectivity index (χ0n) is 11.5. The van der Waals surface area contributed by atoms with Crippen LogP contribution in [0.5, 0.6) is 5.75 Å². The van der Waals surface area contributed by atoms with Crippen LogP contribution in [0.15, 0.2) is 18.2 Å². The average Bonchev–Trinajstić information content (AvgIpc) is 2.28. The van der Waals surface area contributed by atoms with Crippen molar-refractivity contribution in [2.24, 2.45) is 0 Å². The Balaban J connectivity index is 2.69. The molecule has 0 fully saturated rings. The maximum absolute atomic E-state index is 11.6. The highest BCUT2D eigenvalue weighted by Crippen LogP contribution is 2.24. The minimum atomic E-state index is -3.22. The Labute approximate surface area is 121 Å².